The molecule has 0 aliphatic rings. The molecule has 0 saturated heterocycles. The zero-order valence-corrected chi connectivity index (χ0v) is 14.9. The fourth-order valence-electron chi connectivity index (χ4n) is 2.37. The zero-order valence-electron chi connectivity index (χ0n) is 14.9. The molecule has 0 fully saturated rings. The van der Waals surface area contributed by atoms with Gasteiger partial charge in [0.1, 0.15) is 0 Å². The second-order valence-corrected chi connectivity index (χ2v) is 6.93. The average Bonchev–Trinajstić information content (AvgIpc) is 2.60. The minimum atomic E-state index is -0.904. The third kappa shape index (κ3) is 4.54. The Hall–Kier alpha value is -2.93. The number of hydrogen-bond acceptors (Lipinski definition) is 4. The molecule has 0 saturated carbocycles. The smallest absolute Gasteiger partial charge is 0.338 e. The molecule has 2 aromatic carbocycles. The minimum absolute atomic E-state index is 0.00538. The summed E-state index contributed by atoms with van der Waals surface area (Å²) in [5, 5.41) is 8.89. The van der Waals surface area contributed by atoms with Gasteiger partial charge in [0.2, 0.25) is 5.78 Å². The van der Waals surface area contributed by atoms with Gasteiger partial charge in [-0.05, 0) is 36.1 Å². The molecule has 128 valence electrons. The predicted molar refractivity (Wildman–Crippen MR) is 95.5 cm³/mol. The third-order valence-corrected chi connectivity index (χ3v) is 3.92. The fourth-order valence-corrected chi connectivity index (χ4v) is 2.37. The van der Waals surface area contributed by atoms with E-state index in [1.165, 1.54) is 6.07 Å². The Morgan fingerprint density at radius 3 is 2.24 bits per heavy atom. The van der Waals surface area contributed by atoms with Crippen LogP contribution in [0.3, 0.4) is 0 Å². The van der Waals surface area contributed by atoms with E-state index < -0.39 is 12.1 Å². The second-order valence-electron chi connectivity index (χ2n) is 6.93. The van der Waals surface area contributed by atoms with E-state index in [4.69, 9.17) is 10.00 Å². The number of rotatable bonds is 4. The van der Waals surface area contributed by atoms with Gasteiger partial charge in [0.15, 0.2) is 6.10 Å². The van der Waals surface area contributed by atoms with Gasteiger partial charge in [-0.2, -0.15) is 5.26 Å². The van der Waals surface area contributed by atoms with Gasteiger partial charge in [-0.25, -0.2) is 4.79 Å². The zero-order chi connectivity index (χ0) is 18.6. The topological polar surface area (TPSA) is 67.2 Å². The molecule has 0 bridgehead atoms. The largest absolute Gasteiger partial charge is 0.451 e. The third-order valence-electron chi connectivity index (χ3n) is 3.92. The molecule has 0 spiro atoms. The van der Waals surface area contributed by atoms with Crippen LogP contribution in [-0.4, -0.2) is 17.9 Å². The molecule has 0 radical (unpaired) electrons. The Balaban J connectivity index is 2.09. The molecule has 4 nitrogen and oxygen atoms in total. The Labute approximate surface area is 148 Å². The van der Waals surface area contributed by atoms with Crippen LogP contribution in [0, 0.1) is 11.3 Å². The summed E-state index contributed by atoms with van der Waals surface area (Å²) in [4.78, 5) is 24.6. The Morgan fingerprint density at radius 1 is 1.04 bits per heavy atom. The Morgan fingerprint density at radius 2 is 1.68 bits per heavy atom. The average molecular weight is 335 g/mol. The highest BCUT2D eigenvalue weighted by Crippen LogP contribution is 2.22. The van der Waals surface area contributed by atoms with Gasteiger partial charge in [0.25, 0.3) is 0 Å². The van der Waals surface area contributed by atoms with Crippen LogP contribution < -0.4 is 0 Å². The number of nitrogens with zero attached hydrogens (tertiary/aromatic N) is 1. The van der Waals surface area contributed by atoms with Gasteiger partial charge in [-0.1, -0.05) is 51.1 Å². The summed E-state index contributed by atoms with van der Waals surface area (Å²) < 4.78 is 5.25. The van der Waals surface area contributed by atoms with Crippen molar-refractivity contribution in [2.45, 2.75) is 39.2 Å². The maximum absolute atomic E-state index is 12.5. The lowest BCUT2D eigenvalue weighted by atomic mass is 9.86. The van der Waals surface area contributed by atoms with Crippen molar-refractivity contribution in [1.82, 2.24) is 0 Å². The van der Waals surface area contributed by atoms with E-state index in [0.29, 0.717) is 11.1 Å². The molecule has 0 unspecified atom stereocenters. The van der Waals surface area contributed by atoms with Gasteiger partial charge in [-0.3, -0.25) is 4.79 Å². The van der Waals surface area contributed by atoms with Crippen LogP contribution in [0.5, 0.6) is 0 Å². The molecule has 0 heterocycles. The van der Waals surface area contributed by atoms with Crippen molar-refractivity contribution >= 4 is 11.8 Å². The summed E-state index contributed by atoms with van der Waals surface area (Å²) in [5.41, 5.74) is 2.25. The van der Waals surface area contributed by atoms with Gasteiger partial charge < -0.3 is 4.74 Å². The molecule has 2 rings (SSSR count). The lowest BCUT2D eigenvalue weighted by molar-refractivity contribution is 0.0319. The number of carbonyl (C=O) groups excluding carboxylic acids is 2. The molecule has 0 N–H and O–H groups in total. The highest BCUT2D eigenvalue weighted by Gasteiger charge is 2.21. The van der Waals surface area contributed by atoms with Crippen LogP contribution in [0.4, 0.5) is 0 Å². The number of nitriles is 1. The van der Waals surface area contributed by atoms with Crippen molar-refractivity contribution in [3.63, 3.8) is 0 Å². The van der Waals surface area contributed by atoms with Crippen LogP contribution in [0.25, 0.3) is 0 Å². The summed E-state index contributed by atoms with van der Waals surface area (Å²) >= 11 is 0. The van der Waals surface area contributed by atoms with E-state index in [9.17, 15) is 9.59 Å². The summed E-state index contributed by atoms with van der Waals surface area (Å²) in [6.07, 6.45) is -0.904. The molecular formula is C21H21NO3. The maximum Gasteiger partial charge on any atom is 0.338 e. The highest BCUT2D eigenvalue weighted by atomic mass is 16.5. The van der Waals surface area contributed by atoms with Crippen LogP contribution >= 0.6 is 0 Å². The van der Waals surface area contributed by atoms with Gasteiger partial charge >= 0.3 is 5.97 Å². The van der Waals surface area contributed by atoms with Crippen LogP contribution in [0.2, 0.25) is 0 Å². The van der Waals surface area contributed by atoms with Gasteiger partial charge in [-0.15, -0.1) is 0 Å². The quantitative estimate of drug-likeness (QED) is 0.617. The number of ketones is 1. The molecule has 1 atom stereocenters. The highest BCUT2D eigenvalue weighted by molar-refractivity contribution is 6.01. The summed E-state index contributed by atoms with van der Waals surface area (Å²) in [6, 6.07) is 15.5. The SMILES string of the molecule is C[C@H](OC(=O)c1cccc(C#N)c1)C(=O)c1ccc(C(C)(C)C)cc1. The Bertz CT molecular complexity index is 823. The molecule has 25 heavy (non-hydrogen) atoms. The lowest BCUT2D eigenvalue weighted by Crippen LogP contribution is -2.24. The second kappa shape index (κ2) is 7.31. The number of Topliss-reactive ketones (excluding diaryl/α,β-unsaturated/α-hetero) is 1. The van der Waals surface area contributed by atoms with Crippen molar-refractivity contribution in [1.29, 1.82) is 5.26 Å². The number of ether oxygens (including phenoxy) is 1. The first-order valence-electron chi connectivity index (χ1n) is 8.08. The monoisotopic (exact) mass is 335 g/mol. The molecule has 0 aromatic heterocycles. The van der Waals surface area contributed by atoms with Crippen LogP contribution in [0.15, 0.2) is 48.5 Å². The first-order valence-corrected chi connectivity index (χ1v) is 8.08. The lowest BCUT2D eigenvalue weighted by Gasteiger charge is -2.19. The molecule has 0 amide bonds. The number of esters is 1. The van der Waals surface area contributed by atoms with E-state index in [0.717, 1.165) is 5.56 Å². The number of benzene rings is 2. The minimum Gasteiger partial charge on any atom is -0.451 e. The van der Waals surface area contributed by atoms with Gasteiger partial charge in [0.05, 0.1) is 17.2 Å². The van der Waals surface area contributed by atoms with E-state index in [-0.39, 0.29) is 16.8 Å². The van der Waals surface area contributed by atoms with E-state index in [1.54, 1.807) is 37.3 Å². The fraction of sp³-hybridized carbons (Fsp3) is 0.286. The molecule has 4 heteroatoms. The van der Waals surface area contributed by atoms with Crippen molar-refractivity contribution in [3.05, 3.63) is 70.8 Å². The molecule has 2 aromatic rings. The standard InChI is InChI=1S/C21H21NO3/c1-14(25-20(24)17-7-5-6-15(12-17)13-22)19(23)16-8-10-18(11-9-16)21(2,3)4/h5-12,14H,1-4H3/t14-/m0/s1. The van der Waals surface area contributed by atoms with E-state index >= 15 is 0 Å². The van der Waals surface area contributed by atoms with E-state index in [2.05, 4.69) is 20.8 Å². The first-order chi connectivity index (χ1) is 11.7. The summed E-state index contributed by atoms with van der Waals surface area (Å²) in [5.74, 6) is -0.880. The molecule has 0 aliphatic heterocycles. The number of carbonyl (C=O) groups is 2. The number of hydrogen-bond donors (Lipinski definition) is 0. The molecule has 0 aliphatic carbocycles. The first kappa shape index (κ1) is 18.4. The summed E-state index contributed by atoms with van der Waals surface area (Å²) in [6.45, 7) is 7.85. The van der Waals surface area contributed by atoms with Crippen LogP contribution in [-0.2, 0) is 10.2 Å². The predicted octanol–water partition coefficient (Wildman–Crippen LogP) is 4.28. The molecular weight excluding hydrogens is 314 g/mol. The van der Waals surface area contributed by atoms with Crippen LogP contribution in [0.1, 0.15) is 59.5 Å². The van der Waals surface area contributed by atoms with Crippen molar-refractivity contribution in [3.8, 4) is 6.07 Å². The van der Waals surface area contributed by atoms with Gasteiger partial charge in [0, 0.05) is 5.56 Å². The summed E-state index contributed by atoms with van der Waals surface area (Å²) in [7, 11) is 0. The normalized spacial score (nSPS) is 12.1. The van der Waals surface area contributed by atoms with Crippen molar-refractivity contribution in [2.75, 3.05) is 0 Å². The van der Waals surface area contributed by atoms with E-state index in [1.807, 2.05) is 18.2 Å². The maximum atomic E-state index is 12.5. The van der Waals surface area contributed by atoms with Crippen molar-refractivity contribution in [2.24, 2.45) is 0 Å². The van der Waals surface area contributed by atoms with Crippen molar-refractivity contribution < 1.29 is 14.3 Å². The Kier molecular flexibility index (Phi) is 5.38.